The topological polar surface area (TPSA) is 63.6 Å². The van der Waals surface area contributed by atoms with Gasteiger partial charge in [0, 0.05) is 5.75 Å². The molecule has 0 aromatic carbocycles. The van der Waals surface area contributed by atoms with Crippen LogP contribution in [-0.4, -0.2) is 43.8 Å². The van der Waals surface area contributed by atoms with Crippen molar-refractivity contribution >= 4 is 9.84 Å². The monoisotopic (exact) mass is 210 g/mol. The van der Waals surface area contributed by atoms with E-state index in [1.54, 1.807) is 6.92 Å². The van der Waals surface area contributed by atoms with E-state index in [1.165, 1.54) is 0 Å². The summed E-state index contributed by atoms with van der Waals surface area (Å²) in [5, 5.41) is 9.26. The van der Waals surface area contributed by atoms with E-state index >= 15 is 0 Å². The van der Waals surface area contributed by atoms with Gasteiger partial charge in [-0.2, -0.15) is 0 Å². The van der Waals surface area contributed by atoms with Crippen molar-refractivity contribution < 1.29 is 18.3 Å². The number of aliphatic hydroxyl groups excluding tert-OH is 1. The predicted molar refractivity (Wildman–Crippen MR) is 51.4 cm³/mol. The van der Waals surface area contributed by atoms with Crippen LogP contribution >= 0.6 is 0 Å². The van der Waals surface area contributed by atoms with Gasteiger partial charge in [-0.25, -0.2) is 8.42 Å². The quantitative estimate of drug-likeness (QED) is 0.680. The Balaban J connectivity index is 3.81. The molecule has 0 aliphatic rings. The minimum Gasteiger partial charge on any atom is -0.390 e. The Morgan fingerprint density at radius 2 is 1.92 bits per heavy atom. The summed E-state index contributed by atoms with van der Waals surface area (Å²) in [6.45, 7) is 5.31. The fourth-order valence-corrected chi connectivity index (χ4v) is 1.68. The molecule has 0 bridgehead atoms. The average Bonchev–Trinajstić information content (AvgIpc) is 2.00. The highest BCUT2D eigenvalue weighted by Crippen LogP contribution is 1.97. The highest BCUT2D eigenvalue weighted by atomic mass is 32.2. The van der Waals surface area contributed by atoms with Crippen LogP contribution in [-0.2, 0) is 14.6 Å². The molecule has 5 heteroatoms. The van der Waals surface area contributed by atoms with Crippen molar-refractivity contribution in [1.82, 2.24) is 0 Å². The van der Waals surface area contributed by atoms with Crippen LogP contribution in [0, 0.1) is 0 Å². The third-order valence-corrected chi connectivity index (χ3v) is 3.28. The Kier molecular flexibility index (Phi) is 5.51. The van der Waals surface area contributed by atoms with Crippen LogP contribution in [0.3, 0.4) is 0 Å². The maximum Gasteiger partial charge on any atom is 0.152 e. The Morgan fingerprint density at radius 1 is 1.38 bits per heavy atom. The standard InChI is InChI=1S/C8H18O4S/c1-4-13(10,11)6-8(9)5-12-7(2)3/h7-9H,4-6H2,1-3H3. The smallest absolute Gasteiger partial charge is 0.152 e. The Labute approximate surface area is 79.8 Å². The first-order chi connectivity index (χ1) is 5.87. The van der Waals surface area contributed by atoms with E-state index in [4.69, 9.17) is 4.74 Å². The zero-order valence-electron chi connectivity index (χ0n) is 8.36. The van der Waals surface area contributed by atoms with Crippen LogP contribution in [0.25, 0.3) is 0 Å². The molecule has 0 amide bonds. The number of ether oxygens (including phenoxy) is 1. The highest BCUT2D eigenvalue weighted by Gasteiger charge is 2.15. The van der Waals surface area contributed by atoms with Gasteiger partial charge >= 0.3 is 0 Å². The number of sulfone groups is 1. The summed E-state index contributed by atoms with van der Waals surface area (Å²) in [6.07, 6.45) is -0.897. The molecule has 4 nitrogen and oxygen atoms in total. The lowest BCUT2D eigenvalue weighted by atomic mass is 10.4. The minimum atomic E-state index is -3.10. The zero-order valence-corrected chi connectivity index (χ0v) is 9.17. The molecule has 13 heavy (non-hydrogen) atoms. The summed E-state index contributed by atoms with van der Waals surface area (Å²) < 4.78 is 27.2. The van der Waals surface area contributed by atoms with Gasteiger partial charge in [0.1, 0.15) is 0 Å². The van der Waals surface area contributed by atoms with E-state index in [0.29, 0.717) is 0 Å². The molecule has 0 radical (unpaired) electrons. The van der Waals surface area contributed by atoms with Gasteiger partial charge < -0.3 is 9.84 Å². The largest absolute Gasteiger partial charge is 0.390 e. The molecule has 0 aromatic heterocycles. The maximum absolute atomic E-state index is 11.0. The molecule has 0 rings (SSSR count). The zero-order chi connectivity index (χ0) is 10.5. The van der Waals surface area contributed by atoms with Crippen molar-refractivity contribution in [3.63, 3.8) is 0 Å². The molecular weight excluding hydrogens is 192 g/mol. The Hall–Kier alpha value is -0.130. The summed E-state index contributed by atoms with van der Waals surface area (Å²) in [6, 6.07) is 0. The third kappa shape index (κ3) is 6.98. The van der Waals surface area contributed by atoms with Gasteiger partial charge in [-0.15, -0.1) is 0 Å². The van der Waals surface area contributed by atoms with Crippen LogP contribution < -0.4 is 0 Å². The summed E-state index contributed by atoms with van der Waals surface area (Å²) >= 11 is 0. The van der Waals surface area contributed by atoms with Crippen LogP contribution in [0.4, 0.5) is 0 Å². The van der Waals surface area contributed by atoms with Crippen molar-refractivity contribution in [2.45, 2.75) is 33.0 Å². The lowest BCUT2D eigenvalue weighted by Gasteiger charge is -2.12. The summed E-state index contributed by atoms with van der Waals surface area (Å²) in [4.78, 5) is 0. The van der Waals surface area contributed by atoms with Crippen molar-refractivity contribution in [3.8, 4) is 0 Å². The van der Waals surface area contributed by atoms with Crippen molar-refractivity contribution in [2.75, 3.05) is 18.1 Å². The Morgan fingerprint density at radius 3 is 2.31 bits per heavy atom. The van der Waals surface area contributed by atoms with Crippen LogP contribution in [0.2, 0.25) is 0 Å². The maximum atomic E-state index is 11.0. The highest BCUT2D eigenvalue weighted by molar-refractivity contribution is 7.91. The first kappa shape index (κ1) is 12.9. The summed E-state index contributed by atoms with van der Waals surface area (Å²) in [5.74, 6) is -0.151. The van der Waals surface area contributed by atoms with E-state index < -0.39 is 15.9 Å². The molecule has 0 saturated heterocycles. The molecule has 0 aromatic rings. The molecule has 0 heterocycles. The molecule has 80 valence electrons. The second-order valence-corrected chi connectivity index (χ2v) is 5.63. The molecular formula is C8H18O4S. The fourth-order valence-electron chi connectivity index (χ4n) is 0.763. The molecule has 0 fully saturated rings. The normalized spacial score (nSPS) is 14.8. The number of rotatable bonds is 6. The second kappa shape index (κ2) is 5.57. The second-order valence-electron chi connectivity index (χ2n) is 3.23. The van der Waals surface area contributed by atoms with Crippen LogP contribution in [0.5, 0.6) is 0 Å². The minimum absolute atomic E-state index is 0.0129. The first-order valence-electron chi connectivity index (χ1n) is 4.37. The van der Waals surface area contributed by atoms with Crippen molar-refractivity contribution in [1.29, 1.82) is 0 Å². The van der Waals surface area contributed by atoms with E-state index in [1.807, 2.05) is 13.8 Å². The third-order valence-electron chi connectivity index (χ3n) is 1.51. The van der Waals surface area contributed by atoms with Crippen molar-refractivity contribution in [2.24, 2.45) is 0 Å². The van der Waals surface area contributed by atoms with Crippen LogP contribution in [0.15, 0.2) is 0 Å². The van der Waals surface area contributed by atoms with Crippen LogP contribution in [0.1, 0.15) is 20.8 Å². The lowest BCUT2D eigenvalue weighted by Crippen LogP contribution is -2.27. The molecule has 1 unspecified atom stereocenters. The van der Waals surface area contributed by atoms with Gasteiger partial charge in [0.25, 0.3) is 0 Å². The molecule has 0 aliphatic carbocycles. The molecule has 0 spiro atoms. The molecule has 1 atom stereocenters. The SMILES string of the molecule is CCS(=O)(=O)CC(O)COC(C)C. The molecule has 0 aliphatic heterocycles. The van der Waals surface area contributed by atoms with Crippen molar-refractivity contribution in [3.05, 3.63) is 0 Å². The van der Waals surface area contributed by atoms with E-state index in [-0.39, 0.29) is 24.2 Å². The van der Waals surface area contributed by atoms with Gasteiger partial charge in [0.15, 0.2) is 9.84 Å². The lowest BCUT2D eigenvalue weighted by molar-refractivity contribution is 0.0146. The number of hydrogen-bond acceptors (Lipinski definition) is 4. The number of hydrogen-bond donors (Lipinski definition) is 1. The van der Waals surface area contributed by atoms with Gasteiger partial charge in [-0.3, -0.25) is 0 Å². The van der Waals surface area contributed by atoms with E-state index in [0.717, 1.165) is 0 Å². The first-order valence-corrected chi connectivity index (χ1v) is 6.19. The predicted octanol–water partition coefficient (Wildman–Crippen LogP) is 0.207. The summed E-state index contributed by atoms with van der Waals surface area (Å²) in [5.41, 5.74) is 0. The fraction of sp³-hybridized carbons (Fsp3) is 1.00. The van der Waals surface area contributed by atoms with Gasteiger partial charge in [0.05, 0.1) is 24.6 Å². The van der Waals surface area contributed by atoms with E-state index in [9.17, 15) is 13.5 Å². The molecule has 0 saturated carbocycles. The van der Waals surface area contributed by atoms with Gasteiger partial charge in [0.2, 0.25) is 0 Å². The molecule has 1 N–H and O–H groups in total. The number of aliphatic hydroxyl groups is 1. The Bertz CT molecular complexity index is 220. The van der Waals surface area contributed by atoms with Gasteiger partial charge in [-0.05, 0) is 13.8 Å². The average molecular weight is 210 g/mol. The van der Waals surface area contributed by atoms with Gasteiger partial charge in [-0.1, -0.05) is 6.92 Å². The summed E-state index contributed by atoms with van der Waals surface area (Å²) in [7, 11) is -3.10. The van der Waals surface area contributed by atoms with E-state index in [2.05, 4.69) is 0 Å².